The van der Waals surface area contributed by atoms with E-state index in [9.17, 15) is 13.6 Å². The Morgan fingerprint density at radius 1 is 1.62 bits per heavy atom. The maximum atomic E-state index is 12.3. The molecular weight excluding hydrogens is 293 g/mol. The Hall–Kier alpha value is -0.970. The van der Waals surface area contributed by atoms with E-state index in [0.29, 0.717) is 0 Å². The average molecular weight is 296 g/mol. The van der Waals surface area contributed by atoms with Crippen LogP contribution in [-0.2, 0) is 0 Å². The monoisotopic (exact) mass is 296 g/mol. The molecule has 0 saturated carbocycles. The second-order valence-electron chi connectivity index (χ2n) is 2.17. The van der Waals surface area contributed by atoms with E-state index < -0.39 is 17.5 Å². The highest BCUT2D eigenvalue weighted by atomic mass is 127. The van der Waals surface area contributed by atoms with Crippen LogP contribution in [0.1, 0.15) is 17.6 Å². The fourth-order valence-corrected chi connectivity index (χ4v) is 1.51. The number of hydrogen-bond donors (Lipinski definition) is 1. The van der Waals surface area contributed by atoms with E-state index >= 15 is 0 Å². The van der Waals surface area contributed by atoms with E-state index in [1.807, 2.05) is 0 Å². The third kappa shape index (κ3) is 1.85. The zero-order valence-electron chi connectivity index (χ0n) is 6.14. The molecular formula is C7H3F2IN2O. The summed E-state index contributed by atoms with van der Waals surface area (Å²) in [5, 5.41) is 8.47. The molecule has 6 heteroatoms. The molecule has 0 aliphatic heterocycles. The van der Waals surface area contributed by atoms with Crippen LogP contribution in [0.3, 0.4) is 0 Å². The summed E-state index contributed by atoms with van der Waals surface area (Å²) in [5.74, 6) is 0. The summed E-state index contributed by atoms with van der Waals surface area (Å²) < 4.78 is 24.6. The largest absolute Gasteiger partial charge is 0.327 e. The highest BCUT2D eigenvalue weighted by molar-refractivity contribution is 14.1. The van der Waals surface area contributed by atoms with Gasteiger partial charge in [0.15, 0.2) is 0 Å². The van der Waals surface area contributed by atoms with Crippen molar-refractivity contribution in [2.75, 3.05) is 0 Å². The Balaban J connectivity index is 3.53. The minimum Gasteiger partial charge on any atom is -0.327 e. The van der Waals surface area contributed by atoms with Crippen molar-refractivity contribution in [1.82, 2.24) is 4.98 Å². The lowest BCUT2D eigenvalue weighted by molar-refractivity contribution is 0.150. The molecule has 0 saturated heterocycles. The number of halogens is 3. The number of nitrogens with one attached hydrogen (secondary N) is 1. The highest BCUT2D eigenvalue weighted by Gasteiger charge is 2.18. The number of nitrogens with zero attached hydrogens (tertiary/aromatic N) is 1. The molecule has 1 rings (SSSR count). The maximum absolute atomic E-state index is 12.3. The molecule has 0 radical (unpaired) electrons. The number of hydrogen-bond acceptors (Lipinski definition) is 2. The van der Waals surface area contributed by atoms with Crippen LogP contribution in [0.25, 0.3) is 0 Å². The van der Waals surface area contributed by atoms with Gasteiger partial charge in [-0.1, -0.05) is 0 Å². The molecule has 1 aromatic rings. The quantitative estimate of drug-likeness (QED) is 0.803. The Bertz CT molecular complexity index is 421. The second-order valence-corrected chi connectivity index (χ2v) is 3.25. The van der Waals surface area contributed by atoms with E-state index in [0.717, 1.165) is 6.20 Å². The van der Waals surface area contributed by atoms with Gasteiger partial charge in [-0.3, -0.25) is 4.79 Å². The zero-order chi connectivity index (χ0) is 10.0. The summed E-state index contributed by atoms with van der Waals surface area (Å²) in [4.78, 5) is 13.1. The normalized spacial score (nSPS) is 10.1. The number of pyridine rings is 1. The zero-order valence-corrected chi connectivity index (χ0v) is 8.30. The topological polar surface area (TPSA) is 56.6 Å². The van der Waals surface area contributed by atoms with E-state index in [1.165, 1.54) is 22.6 Å². The van der Waals surface area contributed by atoms with Gasteiger partial charge in [0.2, 0.25) is 0 Å². The van der Waals surface area contributed by atoms with Crippen molar-refractivity contribution in [3.63, 3.8) is 0 Å². The fraction of sp³-hybridized carbons (Fsp3) is 0.143. The minimum absolute atomic E-state index is 0.133. The lowest BCUT2D eigenvalue weighted by Crippen LogP contribution is -2.14. The van der Waals surface area contributed by atoms with Crippen molar-refractivity contribution >= 4 is 22.6 Å². The molecule has 0 aromatic carbocycles. The van der Waals surface area contributed by atoms with Crippen LogP contribution < -0.4 is 5.56 Å². The molecule has 13 heavy (non-hydrogen) atoms. The van der Waals surface area contributed by atoms with E-state index in [-0.39, 0.29) is 9.13 Å². The van der Waals surface area contributed by atoms with Crippen molar-refractivity contribution < 1.29 is 8.78 Å². The van der Waals surface area contributed by atoms with Gasteiger partial charge in [-0.15, -0.1) is 0 Å². The van der Waals surface area contributed by atoms with Crippen LogP contribution in [-0.4, -0.2) is 4.98 Å². The summed E-state index contributed by atoms with van der Waals surface area (Å²) in [5.41, 5.74) is -1.29. The highest BCUT2D eigenvalue weighted by Crippen LogP contribution is 2.24. The van der Waals surface area contributed by atoms with Crippen molar-refractivity contribution in [3.05, 3.63) is 31.2 Å². The van der Waals surface area contributed by atoms with Gasteiger partial charge in [0, 0.05) is 6.20 Å². The van der Waals surface area contributed by atoms with Crippen molar-refractivity contribution in [2.45, 2.75) is 6.43 Å². The van der Waals surface area contributed by atoms with E-state index in [2.05, 4.69) is 4.98 Å². The number of aromatic amines is 1. The number of H-pyrrole nitrogens is 1. The van der Waals surface area contributed by atoms with Gasteiger partial charge in [0.1, 0.15) is 6.07 Å². The lowest BCUT2D eigenvalue weighted by Gasteiger charge is -2.03. The van der Waals surface area contributed by atoms with Gasteiger partial charge < -0.3 is 4.98 Å². The van der Waals surface area contributed by atoms with Crippen LogP contribution in [0.15, 0.2) is 11.0 Å². The van der Waals surface area contributed by atoms with Crippen molar-refractivity contribution in [2.24, 2.45) is 0 Å². The molecule has 1 aromatic heterocycles. The third-order valence-electron chi connectivity index (χ3n) is 1.41. The number of nitriles is 1. The molecule has 0 atom stereocenters. The molecule has 0 unspecified atom stereocenters. The SMILES string of the molecule is N#Cc1c[nH]c(=O)c(I)c1C(F)F. The molecule has 1 heterocycles. The standard InChI is InChI=1S/C7H3F2IN2O/c8-6(9)4-3(1-11)2-12-7(13)5(4)10/h2,6H,(H,12,13). The number of rotatable bonds is 1. The number of alkyl halides is 2. The first-order valence-corrected chi connectivity index (χ1v) is 4.25. The molecule has 0 spiro atoms. The summed E-state index contributed by atoms with van der Waals surface area (Å²) >= 11 is 1.49. The van der Waals surface area contributed by atoms with Crippen LogP contribution in [0.4, 0.5) is 8.78 Å². The number of aromatic nitrogens is 1. The molecule has 0 fully saturated rings. The molecule has 0 bridgehead atoms. The first-order chi connectivity index (χ1) is 6.07. The average Bonchev–Trinajstić information content (AvgIpc) is 2.08. The molecule has 1 N–H and O–H groups in total. The third-order valence-corrected chi connectivity index (χ3v) is 2.48. The second kappa shape index (κ2) is 3.83. The van der Waals surface area contributed by atoms with Gasteiger partial charge in [-0.25, -0.2) is 8.78 Å². The van der Waals surface area contributed by atoms with Crippen LogP contribution in [0.2, 0.25) is 0 Å². The van der Waals surface area contributed by atoms with E-state index in [1.54, 1.807) is 6.07 Å². The fourth-order valence-electron chi connectivity index (χ4n) is 0.825. The first kappa shape index (κ1) is 10.1. The first-order valence-electron chi connectivity index (χ1n) is 3.17. The molecule has 68 valence electrons. The van der Waals surface area contributed by atoms with E-state index in [4.69, 9.17) is 5.26 Å². The Morgan fingerprint density at radius 2 is 2.23 bits per heavy atom. The van der Waals surface area contributed by atoms with Gasteiger partial charge in [-0.05, 0) is 22.6 Å². The Morgan fingerprint density at radius 3 is 2.69 bits per heavy atom. The molecule has 0 aliphatic rings. The summed E-state index contributed by atoms with van der Waals surface area (Å²) in [6.07, 6.45) is -1.81. The molecule has 0 amide bonds. The molecule has 3 nitrogen and oxygen atoms in total. The van der Waals surface area contributed by atoms with Crippen LogP contribution in [0.5, 0.6) is 0 Å². The van der Waals surface area contributed by atoms with Gasteiger partial charge in [0.05, 0.1) is 14.7 Å². The Labute approximate surface area is 85.5 Å². The van der Waals surface area contributed by atoms with Gasteiger partial charge in [0.25, 0.3) is 12.0 Å². The van der Waals surface area contributed by atoms with Gasteiger partial charge in [-0.2, -0.15) is 5.26 Å². The Kier molecular flexibility index (Phi) is 2.98. The maximum Gasteiger partial charge on any atom is 0.266 e. The smallest absolute Gasteiger partial charge is 0.266 e. The predicted octanol–water partition coefficient (Wildman–Crippen LogP) is 1.79. The van der Waals surface area contributed by atoms with Crippen LogP contribution >= 0.6 is 22.6 Å². The minimum atomic E-state index is -2.80. The summed E-state index contributed by atoms with van der Waals surface area (Å²) in [6.45, 7) is 0. The predicted molar refractivity (Wildman–Crippen MR) is 49.5 cm³/mol. The lowest BCUT2D eigenvalue weighted by atomic mass is 10.1. The van der Waals surface area contributed by atoms with Crippen LogP contribution in [0, 0.1) is 14.9 Å². The summed E-state index contributed by atoms with van der Waals surface area (Å²) in [6, 6.07) is 1.59. The molecule has 0 aliphatic carbocycles. The summed E-state index contributed by atoms with van der Waals surface area (Å²) in [7, 11) is 0. The van der Waals surface area contributed by atoms with Gasteiger partial charge >= 0.3 is 0 Å². The van der Waals surface area contributed by atoms with Crippen molar-refractivity contribution in [3.8, 4) is 6.07 Å². The van der Waals surface area contributed by atoms with Crippen molar-refractivity contribution in [1.29, 1.82) is 5.26 Å².